The maximum absolute atomic E-state index is 5.23. The molecule has 0 aliphatic carbocycles. The van der Waals surface area contributed by atoms with Gasteiger partial charge < -0.3 is 15.0 Å². The fraction of sp³-hybridized carbons (Fsp3) is 0.688. The normalized spacial score (nSPS) is 14.1. The Bertz CT molecular complexity index is 366. The van der Waals surface area contributed by atoms with Gasteiger partial charge in [0.15, 0.2) is 0 Å². The van der Waals surface area contributed by atoms with E-state index in [1.165, 1.54) is 5.56 Å². The molecule has 4 heteroatoms. The fourth-order valence-electron chi connectivity index (χ4n) is 2.33. The summed E-state index contributed by atoms with van der Waals surface area (Å²) in [4.78, 5) is 6.87. The van der Waals surface area contributed by atoms with E-state index in [-0.39, 0.29) is 0 Å². The number of pyridine rings is 1. The number of ether oxygens (including phenoxy) is 1. The van der Waals surface area contributed by atoms with Crippen molar-refractivity contribution in [2.45, 2.75) is 46.2 Å². The number of hydrogen-bond donors (Lipinski definition) is 1. The molecule has 0 aromatic carbocycles. The van der Waals surface area contributed by atoms with Gasteiger partial charge in [0.2, 0.25) is 0 Å². The first-order valence-corrected chi connectivity index (χ1v) is 7.58. The van der Waals surface area contributed by atoms with E-state index in [2.05, 4.69) is 55.0 Å². The monoisotopic (exact) mass is 279 g/mol. The average Bonchev–Trinajstić information content (AvgIpc) is 2.46. The van der Waals surface area contributed by atoms with Crippen LogP contribution < -0.4 is 10.2 Å². The van der Waals surface area contributed by atoms with E-state index in [1.54, 1.807) is 7.11 Å². The zero-order chi connectivity index (χ0) is 15.0. The van der Waals surface area contributed by atoms with E-state index in [4.69, 9.17) is 4.74 Å². The van der Waals surface area contributed by atoms with E-state index >= 15 is 0 Å². The van der Waals surface area contributed by atoms with Gasteiger partial charge in [0.05, 0.1) is 12.6 Å². The summed E-state index contributed by atoms with van der Waals surface area (Å²) in [6.07, 6.45) is 3.12. The highest BCUT2D eigenvalue weighted by Crippen LogP contribution is 2.18. The van der Waals surface area contributed by atoms with Gasteiger partial charge in [-0.05, 0) is 45.4 Å². The molecule has 1 rings (SSSR count). The number of hydrogen-bond acceptors (Lipinski definition) is 4. The summed E-state index contributed by atoms with van der Waals surface area (Å²) >= 11 is 0. The third-order valence-corrected chi connectivity index (χ3v) is 3.55. The van der Waals surface area contributed by atoms with Gasteiger partial charge in [-0.15, -0.1) is 0 Å². The van der Waals surface area contributed by atoms with Crippen molar-refractivity contribution >= 4 is 5.82 Å². The third kappa shape index (κ3) is 4.76. The average molecular weight is 279 g/mol. The molecule has 0 aliphatic heterocycles. The van der Waals surface area contributed by atoms with Crippen molar-refractivity contribution in [1.82, 2.24) is 10.3 Å². The minimum atomic E-state index is 0.332. The van der Waals surface area contributed by atoms with Gasteiger partial charge in [-0.2, -0.15) is 0 Å². The molecular weight excluding hydrogens is 250 g/mol. The van der Waals surface area contributed by atoms with Crippen molar-refractivity contribution in [3.8, 4) is 0 Å². The van der Waals surface area contributed by atoms with Crippen LogP contribution in [0.5, 0.6) is 0 Å². The van der Waals surface area contributed by atoms with Gasteiger partial charge in [-0.25, -0.2) is 4.98 Å². The minimum absolute atomic E-state index is 0.332. The van der Waals surface area contributed by atoms with Crippen LogP contribution in [0.1, 0.15) is 45.7 Å². The molecule has 0 fully saturated rings. The topological polar surface area (TPSA) is 37.4 Å². The second-order valence-electron chi connectivity index (χ2n) is 5.22. The second-order valence-corrected chi connectivity index (χ2v) is 5.22. The molecule has 0 radical (unpaired) electrons. The summed E-state index contributed by atoms with van der Waals surface area (Å²) in [5.41, 5.74) is 1.23. The van der Waals surface area contributed by atoms with Crippen molar-refractivity contribution in [3.63, 3.8) is 0 Å². The van der Waals surface area contributed by atoms with Crippen LogP contribution >= 0.6 is 0 Å². The van der Waals surface area contributed by atoms with E-state index in [0.29, 0.717) is 18.7 Å². The molecule has 0 bridgehead atoms. The Balaban J connectivity index is 2.73. The van der Waals surface area contributed by atoms with Crippen molar-refractivity contribution in [2.24, 2.45) is 0 Å². The number of nitrogens with one attached hydrogen (secondary N) is 1. The quantitative estimate of drug-likeness (QED) is 0.754. The Labute approximate surface area is 123 Å². The number of nitrogens with zero attached hydrogens (tertiary/aromatic N) is 2. The second kappa shape index (κ2) is 8.93. The smallest absolute Gasteiger partial charge is 0.128 e. The predicted octanol–water partition coefficient (Wildman–Crippen LogP) is 3.00. The maximum atomic E-state index is 5.23. The van der Waals surface area contributed by atoms with Crippen LogP contribution in [-0.4, -0.2) is 37.8 Å². The van der Waals surface area contributed by atoms with Crippen LogP contribution in [0.2, 0.25) is 0 Å². The summed E-state index contributed by atoms with van der Waals surface area (Å²) in [5, 5.41) is 3.48. The van der Waals surface area contributed by atoms with Gasteiger partial charge in [0.1, 0.15) is 5.82 Å². The first-order chi connectivity index (χ1) is 9.63. The van der Waals surface area contributed by atoms with Gasteiger partial charge in [0, 0.05) is 25.9 Å². The molecule has 0 amide bonds. The van der Waals surface area contributed by atoms with Crippen LogP contribution in [-0.2, 0) is 4.74 Å². The van der Waals surface area contributed by atoms with Crippen molar-refractivity contribution < 1.29 is 4.74 Å². The lowest BCUT2D eigenvalue weighted by atomic mass is 10.1. The standard InChI is InChI=1S/C16H29N3O/c1-6-10-17-14(4)15-8-9-16(18-11-15)19(7-2)13(3)12-20-5/h8-9,11,13-14,17H,6-7,10,12H2,1-5H3. The lowest BCUT2D eigenvalue weighted by Crippen LogP contribution is -2.36. The number of methoxy groups -OCH3 is 1. The molecule has 2 atom stereocenters. The van der Waals surface area contributed by atoms with E-state index in [0.717, 1.165) is 25.3 Å². The Morgan fingerprint density at radius 2 is 2.05 bits per heavy atom. The van der Waals surface area contributed by atoms with Crippen LogP contribution in [0, 0.1) is 0 Å². The third-order valence-electron chi connectivity index (χ3n) is 3.55. The van der Waals surface area contributed by atoms with Crippen molar-refractivity contribution in [1.29, 1.82) is 0 Å². The van der Waals surface area contributed by atoms with Gasteiger partial charge in [-0.3, -0.25) is 0 Å². The highest BCUT2D eigenvalue weighted by Gasteiger charge is 2.14. The number of likely N-dealkylation sites (N-methyl/N-ethyl adjacent to an activating group) is 1. The molecule has 2 unspecified atom stereocenters. The molecule has 0 saturated heterocycles. The Morgan fingerprint density at radius 3 is 2.55 bits per heavy atom. The highest BCUT2D eigenvalue weighted by molar-refractivity contribution is 5.40. The van der Waals surface area contributed by atoms with Gasteiger partial charge in [-0.1, -0.05) is 13.0 Å². The maximum Gasteiger partial charge on any atom is 0.128 e. The lowest BCUT2D eigenvalue weighted by Gasteiger charge is -2.28. The fourth-order valence-corrected chi connectivity index (χ4v) is 2.33. The largest absolute Gasteiger partial charge is 0.383 e. The van der Waals surface area contributed by atoms with Crippen LogP contribution in [0.3, 0.4) is 0 Å². The zero-order valence-electron chi connectivity index (χ0n) is 13.5. The van der Waals surface area contributed by atoms with Gasteiger partial charge >= 0.3 is 0 Å². The Kier molecular flexibility index (Phi) is 7.55. The molecule has 0 saturated carbocycles. The van der Waals surface area contributed by atoms with Crippen molar-refractivity contribution in [2.75, 3.05) is 31.7 Å². The molecule has 20 heavy (non-hydrogen) atoms. The molecule has 4 nitrogen and oxygen atoms in total. The molecule has 1 N–H and O–H groups in total. The number of aromatic nitrogens is 1. The predicted molar refractivity (Wildman–Crippen MR) is 85.3 cm³/mol. The summed E-state index contributed by atoms with van der Waals surface area (Å²) in [6.45, 7) is 11.3. The summed E-state index contributed by atoms with van der Waals surface area (Å²) in [6, 6.07) is 4.95. The number of anilines is 1. The molecule has 0 aliphatic rings. The van der Waals surface area contributed by atoms with E-state index < -0.39 is 0 Å². The Morgan fingerprint density at radius 1 is 1.30 bits per heavy atom. The van der Waals surface area contributed by atoms with Crippen LogP contribution in [0.15, 0.2) is 18.3 Å². The van der Waals surface area contributed by atoms with Crippen molar-refractivity contribution in [3.05, 3.63) is 23.9 Å². The van der Waals surface area contributed by atoms with Crippen LogP contribution in [0.4, 0.5) is 5.82 Å². The van der Waals surface area contributed by atoms with E-state index in [1.807, 2.05) is 6.20 Å². The molecule has 0 spiro atoms. The zero-order valence-corrected chi connectivity index (χ0v) is 13.5. The minimum Gasteiger partial charge on any atom is -0.383 e. The SMILES string of the molecule is CCCNC(C)c1ccc(N(CC)C(C)COC)nc1. The molecule has 1 aromatic rings. The molecule has 1 aromatic heterocycles. The molecular formula is C16H29N3O. The first kappa shape index (κ1) is 16.9. The highest BCUT2D eigenvalue weighted by atomic mass is 16.5. The number of rotatable bonds is 9. The Hall–Kier alpha value is -1.13. The lowest BCUT2D eigenvalue weighted by molar-refractivity contribution is 0.181. The van der Waals surface area contributed by atoms with Gasteiger partial charge in [0.25, 0.3) is 0 Å². The van der Waals surface area contributed by atoms with E-state index in [9.17, 15) is 0 Å². The summed E-state index contributed by atoms with van der Waals surface area (Å²) in [7, 11) is 1.74. The molecule has 1 heterocycles. The molecule has 114 valence electrons. The van der Waals surface area contributed by atoms with Crippen LogP contribution in [0.25, 0.3) is 0 Å². The first-order valence-electron chi connectivity index (χ1n) is 7.58. The summed E-state index contributed by atoms with van der Waals surface area (Å²) in [5.74, 6) is 1.02. The summed E-state index contributed by atoms with van der Waals surface area (Å²) < 4.78 is 5.23.